The van der Waals surface area contributed by atoms with Gasteiger partial charge in [-0.15, -0.1) is 0 Å². The summed E-state index contributed by atoms with van der Waals surface area (Å²) >= 11 is 0. The first-order chi connectivity index (χ1) is 17.5. The summed E-state index contributed by atoms with van der Waals surface area (Å²) in [6, 6.07) is 12.7. The summed E-state index contributed by atoms with van der Waals surface area (Å²) in [6.07, 6.45) is 8.30. The van der Waals surface area contributed by atoms with Crippen LogP contribution in [-0.4, -0.2) is 70.4 Å². The molecule has 1 fully saturated rings. The summed E-state index contributed by atoms with van der Waals surface area (Å²) in [5.41, 5.74) is 6.64. The average molecular weight is 517 g/mol. The quantitative estimate of drug-likeness (QED) is 0.386. The molecule has 0 unspecified atom stereocenters. The minimum absolute atomic E-state index is 0. The van der Waals surface area contributed by atoms with Crippen LogP contribution in [0.5, 0.6) is 5.88 Å². The Balaban J connectivity index is 0.00000320. The number of pyridine rings is 1. The van der Waals surface area contributed by atoms with E-state index in [9.17, 15) is 0 Å². The van der Waals surface area contributed by atoms with Gasteiger partial charge < -0.3 is 19.9 Å². The number of nitrogens with zero attached hydrogens (tertiary/aromatic N) is 7. The number of aromatic nitrogens is 5. The molecule has 37 heavy (non-hydrogen) atoms. The topological polar surface area (TPSA) is 92.2 Å². The summed E-state index contributed by atoms with van der Waals surface area (Å²) in [5, 5.41) is 11.5. The van der Waals surface area contributed by atoms with Crippen molar-refractivity contribution in [2.75, 3.05) is 44.5 Å². The highest BCUT2D eigenvalue weighted by atomic mass is 32.1. The van der Waals surface area contributed by atoms with Crippen LogP contribution in [0.2, 0.25) is 0 Å². The third-order valence-electron chi connectivity index (χ3n) is 6.58. The predicted molar refractivity (Wildman–Crippen MR) is 152 cm³/mol. The Bertz CT molecular complexity index is 1350. The van der Waals surface area contributed by atoms with Crippen molar-refractivity contribution in [2.45, 2.75) is 19.4 Å². The van der Waals surface area contributed by atoms with Crippen molar-refractivity contribution < 1.29 is 4.74 Å². The molecule has 4 aromatic rings. The second-order valence-corrected chi connectivity index (χ2v) is 9.17. The zero-order chi connectivity index (χ0) is 25.1. The molecule has 1 aliphatic rings. The van der Waals surface area contributed by atoms with E-state index in [1.807, 2.05) is 43.5 Å². The maximum Gasteiger partial charge on any atom is 0.230 e. The van der Waals surface area contributed by atoms with Crippen LogP contribution in [0.4, 0.5) is 17.3 Å². The van der Waals surface area contributed by atoms with Crippen LogP contribution in [0.3, 0.4) is 0 Å². The summed E-state index contributed by atoms with van der Waals surface area (Å²) in [5.74, 6) is 0.947. The SMILES string of the molecule is COc1nc(Nc2cncc(N3CC[C@H](N(C)C)C3)c2)ncc1-c1ccc(-c2nnccc2C)cc1.S. The number of hydrogen-bond acceptors (Lipinski definition) is 9. The zero-order valence-electron chi connectivity index (χ0n) is 21.5. The van der Waals surface area contributed by atoms with E-state index in [1.165, 1.54) is 0 Å². The average Bonchev–Trinajstić information content (AvgIpc) is 3.40. The Morgan fingerprint density at radius 1 is 1.05 bits per heavy atom. The first kappa shape index (κ1) is 26.3. The second kappa shape index (κ2) is 11.5. The molecule has 4 heterocycles. The second-order valence-electron chi connectivity index (χ2n) is 9.17. The van der Waals surface area contributed by atoms with Gasteiger partial charge in [0.05, 0.1) is 42.1 Å². The molecule has 0 aliphatic carbocycles. The number of aryl methyl sites for hydroxylation is 1. The lowest BCUT2D eigenvalue weighted by Crippen LogP contribution is -2.31. The summed E-state index contributed by atoms with van der Waals surface area (Å²) in [7, 11) is 5.88. The molecular formula is C27H32N8OS. The van der Waals surface area contributed by atoms with Crippen LogP contribution in [0.1, 0.15) is 12.0 Å². The monoisotopic (exact) mass is 516 g/mol. The number of methoxy groups -OCH3 is 1. The Morgan fingerprint density at radius 2 is 1.84 bits per heavy atom. The number of benzene rings is 1. The van der Waals surface area contributed by atoms with Crippen molar-refractivity contribution in [1.29, 1.82) is 0 Å². The molecule has 0 radical (unpaired) electrons. The van der Waals surface area contributed by atoms with E-state index < -0.39 is 0 Å². The van der Waals surface area contributed by atoms with Crippen LogP contribution in [-0.2, 0) is 0 Å². The molecule has 1 saturated heterocycles. The van der Waals surface area contributed by atoms with E-state index in [0.717, 1.165) is 58.8 Å². The molecule has 10 heteroatoms. The predicted octanol–water partition coefficient (Wildman–Crippen LogP) is 4.31. The van der Waals surface area contributed by atoms with Gasteiger partial charge in [0, 0.05) is 37.1 Å². The van der Waals surface area contributed by atoms with Gasteiger partial charge in [-0.25, -0.2) is 4.98 Å². The van der Waals surface area contributed by atoms with E-state index in [2.05, 4.69) is 60.4 Å². The Kier molecular flexibility index (Phi) is 8.20. The number of ether oxygens (including phenoxy) is 1. The molecule has 3 aromatic heterocycles. The lowest BCUT2D eigenvalue weighted by atomic mass is 10.0. The molecule has 9 nitrogen and oxygen atoms in total. The molecule has 192 valence electrons. The molecule has 0 saturated carbocycles. The van der Waals surface area contributed by atoms with Gasteiger partial charge in [0.15, 0.2) is 0 Å². The van der Waals surface area contributed by atoms with E-state index >= 15 is 0 Å². The molecule has 1 atom stereocenters. The van der Waals surface area contributed by atoms with Crippen LogP contribution in [0.15, 0.2) is 61.2 Å². The molecule has 5 rings (SSSR count). The van der Waals surface area contributed by atoms with Crippen LogP contribution in [0, 0.1) is 6.92 Å². The fourth-order valence-corrected chi connectivity index (χ4v) is 4.46. The van der Waals surface area contributed by atoms with Gasteiger partial charge in [0.2, 0.25) is 11.8 Å². The van der Waals surface area contributed by atoms with Gasteiger partial charge in [-0.3, -0.25) is 4.98 Å². The number of nitrogens with one attached hydrogen (secondary N) is 1. The van der Waals surface area contributed by atoms with Crippen LogP contribution >= 0.6 is 13.5 Å². The van der Waals surface area contributed by atoms with Gasteiger partial charge >= 0.3 is 0 Å². The van der Waals surface area contributed by atoms with E-state index in [-0.39, 0.29) is 13.5 Å². The lowest BCUT2D eigenvalue weighted by molar-refractivity contribution is 0.315. The molecule has 1 aliphatic heterocycles. The number of likely N-dealkylation sites (N-methyl/N-ethyl adjacent to an activating group) is 1. The van der Waals surface area contributed by atoms with Crippen LogP contribution < -0.4 is 15.0 Å². The third-order valence-corrected chi connectivity index (χ3v) is 6.58. The smallest absolute Gasteiger partial charge is 0.230 e. The minimum Gasteiger partial charge on any atom is -0.480 e. The maximum atomic E-state index is 5.61. The van der Waals surface area contributed by atoms with Crippen molar-refractivity contribution in [3.63, 3.8) is 0 Å². The molecule has 1 aromatic carbocycles. The highest BCUT2D eigenvalue weighted by Gasteiger charge is 2.24. The standard InChI is InChI=1S/C27H30N8O.H2S/c1-18-9-11-30-33-25(18)20-7-5-19(6-8-20)24-16-29-27(32-26(24)36-4)31-21-13-23(15-28-14-21)35-12-10-22(17-35)34(2)3;/h5-9,11,13-16,22H,10,12,17H2,1-4H3,(H,29,31,32);1H2/t22-;/m0./s1. The summed E-state index contributed by atoms with van der Waals surface area (Å²) in [6.45, 7) is 4.03. The van der Waals surface area contributed by atoms with Gasteiger partial charge in [0.25, 0.3) is 0 Å². The highest BCUT2D eigenvalue weighted by Crippen LogP contribution is 2.31. The van der Waals surface area contributed by atoms with Gasteiger partial charge in [-0.05, 0) is 50.7 Å². The summed E-state index contributed by atoms with van der Waals surface area (Å²) < 4.78 is 5.61. The number of rotatable bonds is 7. The van der Waals surface area contributed by atoms with E-state index in [0.29, 0.717) is 17.9 Å². The normalized spacial score (nSPS) is 14.9. The van der Waals surface area contributed by atoms with Crippen LogP contribution in [0.25, 0.3) is 22.4 Å². The lowest BCUT2D eigenvalue weighted by Gasteiger charge is -2.22. The first-order valence-electron chi connectivity index (χ1n) is 12.0. The third kappa shape index (κ3) is 5.81. The van der Waals surface area contributed by atoms with E-state index in [4.69, 9.17) is 4.74 Å². The molecule has 1 N–H and O–H groups in total. The fraction of sp³-hybridized carbons (Fsp3) is 0.296. The number of anilines is 3. The van der Waals surface area contributed by atoms with E-state index in [1.54, 1.807) is 25.7 Å². The van der Waals surface area contributed by atoms with Crippen molar-refractivity contribution in [3.8, 4) is 28.3 Å². The Hall–Kier alpha value is -3.76. The zero-order valence-corrected chi connectivity index (χ0v) is 22.5. The molecule has 0 bridgehead atoms. The van der Waals surface area contributed by atoms with Crippen molar-refractivity contribution in [1.82, 2.24) is 30.0 Å². The van der Waals surface area contributed by atoms with Crippen molar-refractivity contribution >= 4 is 30.8 Å². The first-order valence-corrected chi connectivity index (χ1v) is 12.0. The van der Waals surface area contributed by atoms with Gasteiger partial charge in [-0.1, -0.05) is 24.3 Å². The fourth-order valence-electron chi connectivity index (χ4n) is 4.46. The van der Waals surface area contributed by atoms with Gasteiger partial charge in [0.1, 0.15) is 0 Å². The highest BCUT2D eigenvalue weighted by molar-refractivity contribution is 7.59. The Labute approximate surface area is 224 Å². The number of hydrogen-bond donors (Lipinski definition) is 1. The van der Waals surface area contributed by atoms with Crippen molar-refractivity contribution in [2.24, 2.45) is 0 Å². The maximum absolute atomic E-state index is 5.61. The molecular weight excluding hydrogens is 484 g/mol. The minimum atomic E-state index is 0. The largest absolute Gasteiger partial charge is 0.480 e. The molecule has 0 amide bonds. The van der Waals surface area contributed by atoms with Gasteiger partial charge in [-0.2, -0.15) is 28.7 Å². The molecule has 0 spiro atoms. The van der Waals surface area contributed by atoms with Crippen molar-refractivity contribution in [3.05, 3.63) is 66.7 Å². The summed E-state index contributed by atoms with van der Waals surface area (Å²) in [4.78, 5) is 18.2. The Morgan fingerprint density at radius 3 is 2.54 bits per heavy atom.